The Balaban J connectivity index is 2.04. The number of aromatic amines is 1. The molecule has 5 nitrogen and oxygen atoms in total. The summed E-state index contributed by atoms with van der Waals surface area (Å²) in [5, 5.41) is 4.00. The fraction of sp³-hybridized carbons (Fsp3) is 0.318. The van der Waals surface area contributed by atoms with Gasteiger partial charge in [-0.1, -0.05) is 12.1 Å². The quantitative estimate of drug-likeness (QED) is 0.615. The van der Waals surface area contributed by atoms with E-state index < -0.39 is 11.7 Å². The predicted octanol–water partition coefficient (Wildman–Crippen LogP) is 5.81. The topological polar surface area (TPSA) is 63.4 Å². The predicted molar refractivity (Wildman–Crippen MR) is 110 cm³/mol. The lowest BCUT2D eigenvalue weighted by molar-refractivity contribution is 0.0636. The highest BCUT2D eigenvalue weighted by molar-refractivity contribution is 5.95. The number of anilines is 1. The highest BCUT2D eigenvalue weighted by atomic mass is 16.6. The Labute approximate surface area is 159 Å². The van der Waals surface area contributed by atoms with Crippen molar-refractivity contribution in [3.05, 3.63) is 47.5 Å². The van der Waals surface area contributed by atoms with Gasteiger partial charge in [0.25, 0.3) is 0 Å². The zero-order valence-corrected chi connectivity index (χ0v) is 16.7. The third-order valence-electron chi connectivity index (χ3n) is 4.40. The van der Waals surface area contributed by atoms with E-state index >= 15 is 0 Å². The van der Waals surface area contributed by atoms with E-state index in [1.54, 1.807) is 13.2 Å². The molecule has 3 rings (SSSR count). The van der Waals surface area contributed by atoms with Crippen LogP contribution in [0.2, 0.25) is 0 Å². The van der Waals surface area contributed by atoms with Gasteiger partial charge in [0, 0.05) is 22.2 Å². The molecule has 142 valence electrons. The maximum absolute atomic E-state index is 12.1. The second-order valence-electron chi connectivity index (χ2n) is 7.66. The number of benzene rings is 2. The summed E-state index contributed by atoms with van der Waals surface area (Å²) >= 11 is 0. The summed E-state index contributed by atoms with van der Waals surface area (Å²) in [4.78, 5) is 15.6. The third-order valence-corrected chi connectivity index (χ3v) is 4.40. The van der Waals surface area contributed by atoms with Gasteiger partial charge in [0.1, 0.15) is 11.4 Å². The van der Waals surface area contributed by atoms with Crippen LogP contribution >= 0.6 is 0 Å². The molecule has 3 aromatic rings. The number of fused-ring (bicyclic) bond motifs is 1. The second-order valence-corrected chi connectivity index (χ2v) is 7.66. The molecular formula is C22H26N2O3. The fourth-order valence-electron chi connectivity index (χ4n) is 3.30. The fourth-order valence-corrected chi connectivity index (χ4v) is 3.30. The monoisotopic (exact) mass is 366 g/mol. The van der Waals surface area contributed by atoms with Crippen molar-refractivity contribution in [2.45, 2.75) is 40.2 Å². The minimum absolute atomic E-state index is 0.483. The van der Waals surface area contributed by atoms with Gasteiger partial charge >= 0.3 is 6.09 Å². The van der Waals surface area contributed by atoms with Gasteiger partial charge in [-0.25, -0.2) is 4.79 Å². The van der Waals surface area contributed by atoms with E-state index in [1.165, 1.54) is 10.9 Å². The molecule has 0 saturated carbocycles. The van der Waals surface area contributed by atoms with Crippen LogP contribution in [0.4, 0.5) is 10.5 Å². The second kappa shape index (κ2) is 6.99. The van der Waals surface area contributed by atoms with Crippen LogP contribution in [0.3, 0.4) is 0 Å². The molecule has 0 saturated heterocycles. The molecule has 0 bridgehead atoms. The van der Waals surface area contributed by atoms with E-state index in [9.17, 15) is 4.79 Å². The molecule has 0 radical (unpaired) electrons. The first-order valence-electron chi connectivity index (χ1n) is 8.96. The maximum Gasteiger partial charge on any atom is 0.412 e. The van der Waals surface area contributed by atoms with Gasteiger partial charge in [-0.15, -0.1) is 0 Å². The number of H-pyrrole nitrogens is 1. The van der Waals surface area contributed by atoms with Crippen molar-refractivity contribution in [3.8, 4) is 17.0 Å². The Morgan fingerprint density at radius 1 is 1.11 bits per heavy atom. The van der Waals surface area contributed by atoms with Gasteiger partial charge < -0.3 is 14.5 Å². The van der Waals surface area contributed by atoms with Crippen LogP contribution in [0.15, 0.2) is 36.4 Å². The highest BCUT2D eigenvalue weighted by Crippen LogP contribution is 2.37. The van der Waals surface area contributed by atoms with Crippen molar-refractivity contribution >= 4 is 22.7 Å². The summed E-state index contributed by atoms with van der Waals surface area (Å²) in [6, 6.07) is 11.7. The number of aromatic nitrogens is 1. The van der Waals surface area contributed by atoms with Gasteiger partial charge in [0.2, 0.25) is 0 Å². The van der Waals surface area contributed by atoms with Crippen molar-refractivity contribution in [1.29, 1.82) is 0 Å². The number of hydrogen-bond acceptors (Lipinski definition) is 3. The molecular weight excluding hydrogens is 340 g/mol. The van der Waals surface area contributed by atoms with Crippen LogP contribution in [0.1, 0.15) is 31.9 Å². The van der Waals surface area contributed by atoms with Gasteiger partial charge in [0.05, 0.1) is 12.8 Å². The molecule has 0 atom stereocenters. The van der Waals surface area contributed by atoms with Gasteiger partial charge in [-0.2, -0.15) is 0 Å². The first kappa shape index (κ1) is 18.8. The summed E-state index contributed by atoms with van der Waals surface area (Å²) < 4.78 is 10.9. The van der Waals surface area contributed by atoms with Crippen LogP contribution in [0, 0.1) is 13.8 Å². The average Bonchev–Trinajstić information content (AvgIpc) is 2.91. The molecule has 5 heteroatoms. The van der Waals surface area contributed by atoms with Crippen LogP contribution in [0.5, 0.6) is 5.75 Å². The van der Waals surface area contributed by atoms with E-state index in [1.807, 2.05) is 39.0 Å². The normalized spacial score (nSPS) is 11.5. The molecule has 0 spiro atoms. The van der Waals surface area contributed by atoms with E-state index in [0.29, 0.717) is 5.69 Å². The van der Waals surface area contributed by atoms with Crippen molar-refractivity contribution in [3.63, 3.8) is 0 Å². The highest BCUT2D eigenvalue weighted by Gasteiger charge is 2.18. The standard InChI is InChI=1S/C22H26N2O3/c1-13-8-7-9-17-19(13)14(2)20(24-17)16-12-15(10-11-18(16)26-6)23-21(25)27-22(3,4)5/h7-12,24H,1-6H3,(H,23,25). The zero-order chi connectivity index (χ0) is 19.8. The van der Waals surface area contributed by atoms with E-state index in [2.05, 4.69) is 36.3 Å². The molecule has 0 aliphatic heterocycles. The van der Waals surface area contributed by atoms with Gasteiger partial charge in [-0.05, 0) is 70.0 Å². The molecule has 0 aliphatic rings. The summed E-state index contributed by atoms with van der Waals surface area (Å²) in [6.07, 6.45) is -0.483. The number of carbonyl (C=O) groups is 1. The molecule has 2 aromatic carbocycles. The Bertz CT molecular complexity index is 997. The lowest BCUT2D eigenvalue weighted by Gasteiger charge is -2.20. The maximum atomic E-state index is 12.1. The molecule has 0 unspecified atom stereocenters. The van der Waals surface area contributed by atoms with Crippen LogP contribution in [0.25, 0.3) is 22.2 Å². The first-order chi connectivity index (χ1) is 12.7. The first-order valence-corrected chi connectivity index (χ1v) is 8.96. The lowest BCUT2D eigenvalue weighted by atomic mass is 10.0. The van der Waals surface area contributed by atoms with Crippen molar-refractivity contribution in [1.82, 2.24) is 4.98 Å². The minimum Gasteiger partial charge on any atom is -0.496 e. The number of carbonyl (C=O) groups excluding carboxylic acids is 1. The minimum atomic E-state index is -0.551. The van der Waals surface area contributed by atoms with E-state index in [0.717, 1.165) is 28.1 Å². The van der Waals surface area contributed by atoms with Gasteiger partial charge in [-0.3, -0.25) is 5.32 Å². The van der Waals surface area contributed by atoms with Crippen molar-refractivity contribution in [2.24, 2.45) is 0 Å². The van der Waals surface area contributed by atoms with Crippen molar-refractivity contribution in [2.75, 3.05) is 12.4 Å². The number of amides is 1. The number of hydrogen-bond donors (Lipinski definition) is 2. The van der Waals surface area contributed by atoms with Crippen LogP contribution < -0.4 is 10.1 Å². The number of aryl methyl sites for hydroxylation is 2. The molecule has 1 aromatic heterocycles. The summed E-state index contributed by atoms with van der Waals surface area (Å²) in [5.41, 5.74) is 5.41. The summed E-state index contributed by atoms with van der Waals surface area (Å²) in [5.74, 6) is 0.733. The Morgan fingerprint density at radius 2 is 1.85 bits per heavy atom. The molecule has 2 N–H and O–H groups in total. The largest absolute Gasteiger partial charge is 0.496 e. The smallest absolute Gasteiger partial charge is 0.412 e. The zero-order valence-electron chi connectivity index (χ0n) is 16.7. The Morgan fingerprint density at radius 3 is 2.48 bits per heavy atom. The third kappa shape index (κ3) is 3.92. The molecule has 1 amide bonds. The van der Waals surface area contributed by atoms with Crippen molar-refractivity contribution < 1.29 is 14.3 Å². The number of methoxy groups -OCH3 is 1. The number of nitrogens with one attached hydrogen (secondary N) is 2. The molecule has 1 heterocycles. The van der Waals surface area contributed by atoms with Gasteiger partial charge in [0.15, 0.2) is 0 Å². The Hall–Kier alpha value is -2.95. The molecule has 0 fully saturated rings. The lowest BCUT2D eigenvalue weighted by Crippen LogP contribution is -2.27. The molecule has 27 heavy (non-hydrogen) atoms. The van der Waals surface area contributed by atoms with Crippen LogP contribution in [-0.4, -0.2) is 23.8 Å². The summed E-state index contributed by atoms with van der Waals surface area (Å²) in [6.45, 7) is 9.70. The van der Waals surface area contributed by atoms with E-state index in [4.69, 9.17) is 9.47 Å². The summed E-state index contributed by atoms with van der Waals surface area (Å²) in [7, 11) is 1.64. The SMILES string of the molecule is COc1ccc(NC(=O)OC(C)(C)C)cc1-c1[nH]c2cccc(C)c2c1C. The number of rotatable bonds is 3. The van der Waals surface area contributed by atoms with E-state index in [-0.39, 0.29) is 0 Å². The average molecular weight is 366 g/mol. The van der Waals surface area contributed by atoms with Crippen LogP contribution in [-0.2, 0) is 4.74 Å². The Kier molecular flexibility index (Phi) is 4.87. The number of ether oxygens (including phenoxy) is 2. The molecule has 0 aliphatic carbocycles.